The molecule has 0 radical (unpaired) electrons. The van der Waals surface area contributed by atoms with Crippen LogP contribution >= 0.6 is 11.6 Å². The maximum Gasteiger partial charge on any atom is 0.0642 e. The molecule has 0 aliphatic heterocycles. The molecular weight excluding hydrogens is 268 g/mol. The largest absolute Gasteiger partial charge is 0.370 e. The van der Waals surface area contributed by atoms with Crippen LogP contribution in [0.5, 0.6) is 0 Å². The fourth-order valence-corrected chi connectivity index (χ4v) is 3.38. The fourth-order valence-electron chi connectivity index (χ4n) is 3.06. The molecule has 1 aliphatic carbocycles. The van der Waals surface area contributed by atoms with Gasteiger partial charge in [0.25, 0.3) is 0 Å². The lowest BCUT2D eigenvalue weighted by Crippen LogP contribution is -2.37. The van der Waals surface area contributed by atoms with Gasteiger partial charge in [0.15, 0.2) is 0 Å². The van der Waals surface area contributed by atoms with E-state index in [4.69, 9.17) is 17.3 Å². The maximum atomic E-state index is 6.45. The standard InChI is InChI=1S/C17H27ClN2/c1-12(19)13-5-6-16(15(18)11-13)20(4)14-7-9-17(2,3)10-8-14/h5-6,11-12,14H,7-10,19H2,1-4H3/t12-/m0/s1. The summed E-state index contributed by atoms with van der Waals surface area (Å²) in [5, 5.41) is 0.812. The molecule has 112 valence electrons. The Morgan fingerprint density at radius 3 is 2.40 bits per heavy atom. The average Bonchev–Trinajstić information content (AvgIpc) is 2.37. The Morgan fingerprint density at radius 2 is 1.90 bits per heavy atom. The number of rotatable bonds is 3. The number of benzene rings is 1. The minimum atomic E-state index is 0.0299. The highest BCUT2D eigenvalue weighted by Gasteiger charge is 2.29. The zero-order valence-corrected chi connectivity index (χ0v) is 13.9. The minimum Gasteiger partial charge on any atom is -0.370 e. The van der Waals surface area contributed by atoms with E-state index in [1.54, 1.807) is 0 Å². The molecule has 2 rings (SSSR count). The van der Waals surface area contributed by atoms with Crippen molar-refractivity contribution < 1.29 is 0 Å². The monoisotopic (exact) mass is 294 g/mol. The van der Waals surface area contributed by atoms with Crippen LogP contribution in [0, 0.1) is 5.41 Å². The second-order valence-electron chi connectivity index (χ2n) is 7.01. The molecule has 0 amide bonds. The predicted octanol–water partition coefficient (Wildman–Crippen LogP) is 4.76. The van der Waals surface area contributed by atoms with Gasteiger partial charge in [-0.2, -0.15) is 0 Å². The first-order chi connectivity index (χ1) is 9.30. The van der Waals surface area contributed by atoms with Gasteiger partial charge < -0.3 is 10.6 Å². The summed E-state index contributed by atoms with van der Waals surface area (Å²) in [6.07, 6.45) is 5.07. The molecular formula is C17H27ClN2. The van der Waals surface area contributed by atoms with Crippen LogP contribution in [0.15, 0.2) is 18.2 Å². The Labute approximate surface area is 128 Å². The summed E-state index contributed by atoms with van der Waals surface area (Å²) in [6.45, 7) is 6.72. The molecule has 0 spiro atoms. The van der Waals surface area contributed by atoms with Gasteiger partial charge in [0, 0.05) is 19.1 Å². The third-order valence-electron chi connectivity index (χ3n) is 4.73. The fraction of sp³-hybridized carbons (Fsp3) is 0.647. The lowest BCUT2D eigenvalue weighted by Gasteiger charge is -2.40. The number of hydrogen-bond acceptors (Lipinski definition) is 2. The van der Waals surface area contributed by atoms with Gasteiger partial charge in [-0.05, 0) is 55.7 Å². The Balaban J connectivity index is 2.12. The zero-order chi connectivity index (χ0) is 14.9. The van der Waals surface area contributed by atoms with E-state index in [0.717, 1.165) is 16.3 Å². The smallest absolute Gasteiger partial charge is 0.0642 e. The first-order valence-corrected chi connectivity index (χ1v) is 7.96. The molecule has 0 unspecified atom stereocenters. The van der Waals surface area contributed by atoms with Crippen molar-refractivity contribution in [1.82, 2.24) is 0 Å². The van der Waals surface area contributed by atoms with Crippen LogP contribution in [-0.4, -0.2) is 13.1 Å². The van der Waals surface area contributed by atoms with E-state index >= 15 is 0 Å². The van der Waals surface area contributed by atoms with Crippen molar-refractivity contribution in [3.05, 3.63) is 28.8 Å². The van der Waals surface area contributed by atoms with Crippen LogP contribution in [0.25, 0.3) is 0 Å². The molecule has 20 heavy (non-hydrogen) atoms. The van der Waals surface area contributed by atoms with Crippen LogP contribution < -0.4 is 10.6 Å². The van der Waals surface area contributed by atoms with E-state index in [0.29, 0.717) is 11.5 Å². The first kappa shape index (κ1) is 15.7. The molecule has 1 aromatic carbocycles. The van der Waals surface area contributed by atoms with E-state index in [2.05, 4.69) is 37.9 Å². The van der Waals surface area contributed by atoms with Crippen LogP contribution in [0.4, 0.5) is 5.69 Å². The molecule has 2 N–H and O–H groups in total. The maximum absolute atomic E-state index is 6.45. The van der Waals surface area contributed by atoms with E-state index in [1.165, 1.54) is 25.7 Å². The summed E-state index contributed by atoms with van der Waals surface area (Å²) < 4.78 is 0. The molecule has 0 bridgehead atoms. The normalized spacial score (nSPS) is 20.7. The van der Waals surface area contributed by atoms with Crippen molar-refractivity contribution >= 4 is 17.3 Å². The van der Waals surface area contributed by atoms with Crippen molar-refractivity contribution in [2.24, 2.45) is 11.1 Å². The summed E-state index contributed by atoms with van der Waals surface area (Å²) in [7, 11) is 2.16. The van der Waals surface area contributed by atoms with Crippen molar-refractivity contribution in [2.75, 3.05) is 11.9 Å². The summed E-state index contributed by atoms with van der Waals surface area (Å²) in [5.74, 6) is 0. The first-order valence-electron chi connectivity index (χ1n) is 7.58. The Hall–Kier alpha value is -0.730. The average molecular weight is 295 g/mol. The Bertz CT molecular complexity index is 458. The van der Waals surface area contributed by atoms with Gasteiger partial charge in [-0.1, -0.05) is 31.5 Å². The topological polar surface area (TPSA) is 29.3 Å². The Kier molecular flexibility index (Phi) is 4.66. The van der Waals surface area contributed by atoms with Gasteiger partial charge in [-0.15, -0.1) is 0 Å². The highest BCUT2D eigenvalue weighted by Crippen LogP contribution is 2.39. The van der Waals surface area contributed by atoms with Crippen LogP contribution in [-0.2, 0) is 0 Å². The molecule has 1 fully saturated rings. The second kappa shape index (κ2) is 5.95. The predicted molar refractivity (Wildman–Crippen MR) is 88.5 cm³/mol. The number of halogens is 1. The lowest BCUT2D eigenvalue weighted by atomic mass is 9.75. The minimum absolute atomic E-state index is 0.0299. The number of anilines is 1. The van der Waals surface area contributed by atoms with Gasteiger partial charge in [0.05, 0.1) is 10.7 Å². The van der Waals surface area contributed by atoms with Crippen molar-refractivity contribution in [3.8, 4) is 0 Å². The SMILES string of the molecule is C[C@H](N)c1ccc(N(C)C2CCC(C)(C)CC2)c(Cl)c1. The van der Waals surface area contributed by atoms with Crippen LogP contribution in [0.2, 0.25) is 5.02 Å². The van der Waals surface area contributed by atoms with Gasteiger partial charge >= 0.3 is 0 Å². The van der Waals surface area contributed by atoms with E-state index in [-0.39, 0.29) is 6.04 Å². The summed E-state index contributed by atoms with van der Waals surface area (Å²) in [6, 6.07) is 6.84. The van der Waals surface area contributed by atoms with Crippen molar-refractivity contribution in [2.45, 2.75) is 58.5 Å². The molecule has 0 aromatic heterocycles. The number of nitrogens with zero attached hydrogens (tertiary/aromatic N) is 1. The molecule has 1 aliphatic rings. The highest BCUT2D eigenvalue weighted by molar-refractivity contribution is 6.33. The van der Waals surface area contributed by atoms with Crippen molar-refractivity contribution in [3.63, 3.8) is 0 Å². The number of nitrogens with two attached hydrogens (primary N) is 1. The quantitative estimate of drug-likeness (QED) is 0.870. The Morgan fingerprint density at radius 1 is 1.30 bits per heavy atom. The zero-order valence-electron chi connectivity index (χ0n) is 13.1. The molecule has 3 heteroatoms. The summed E-state index contributed by atoms with van der Waals surface area (Å²) in [4.78, 5) is 2.35. The van der Waals surface area contributed by atoms with Gasteiger partial charge in [-0.3, -0.25) is 0 Å². The molecule has 0 saturated heterocycles. The van der Waals surface area contributed by atoms with E-state index < -0.39 is 0 Å². The summed E-state index contributed by atoms with van der Waals surface area (Å²) >= 11 is 6.45. The van der Waals surface area contributed by atoms with Gasteiger partial charge in [0.2, 0.25) is 0 Å². The molecule has 1 aromatic rings. The van der Waals surface area contributed by atoms with Crippen LogP contribution in [0.1, 0.15) is 58.1 Å². The summed E-state index contributed by atoms with van der Waals surface area (Å²) in [5.41, 5.74) is 8.63. The van der Waals surface area contributed by atoms with E-state index in [9.17, 15) is 0 Å². The lowest BCUT2D eigenvalue weighted by molar-refractivity contribution is 0.222. The van der Waals surface area contributed by atoms with Crippen LogP contribution in [0.3, 0.4) is 0 Å². The number of hydrogen-bond donors (Lipinski definition) is 1. The third-order valence-corrected chi connectivity index (χ3v) is 5.04. The molecule has 2 nitrogen and oxygen atoms in total. The molecule has 1 atom stereocenters. The van der Waals surface area contributed by atoms with E-state index in [1.807, 2.05) is 13.0 Å². The molecule has 1 saturated carbocycles. The third kappa shape index (κ3) is 3.48. The second-order valence-corrected chi connectivity index (χ2v) is 7.41. The van der Waals surface area contributed by atoms with Gasteiger partial charge in [0.1, 0.15) is 0 Å². The van der Waals surface area contributed by atoms with Gasteiger partial charge in [-0.25, -0.2) is 0 Å². The molecule has 0 heterocycles. The highest BCUT2D eigenvalue weighted by atomic mass is 35.5. The van der Waals surface area contributed by atoms with Crippen molar-refractivity contribution in [1.29, 1.82) is 0 Å².